The van der Waals surface area contributed by atoms with E-state index in [2.05, 4.69) is 6.92 Å². The third kappa shape index (κ3) is 5.19. The lowest BCUT2D eigenvalue weighted by molar-refractivity contribution is -0.132. The van der Waals surface area contributed by atoms with Crippen molar-refractivity contribution in [2.75, 3.05) is 45.8 Å². The van der Waals surface area contributed by atoms with E-state index in [-0.39, 0.29) is 11.9 Å². The Labute approximate surface area is 128 Å². The Hall–Kier alpha value is -1.30. The van der Waals surface area contributed by atoms with Crippen LogP contribution in [0.5, 0.6) is 0 Å². The maximum absolute atomic E-state index is 12.2. The molecule has 1 saturated heterocycles. The zero-order chi connectivity index (χ0) is 15.8. The van der Waals surface area contributed by atoms with Crippen LogP contribution in [-0.4, -0.2) is 72.5 Å². The lowest BCUT2D eigenvalue weighted by Gasteiger charge is -2.37. The SMILES string of the molecule is CCN(CC)C(=O)N1CCN(C(=O)CCC(C)CN)CC1. The first-order valence-electron chi connectivity index (χ1n) is 8.05. The summed E-state index contributed by atoms with van der Waals surface area (Å²) in [5.41, 5.74) is 5.57. The molecule has 0 aromatic rings. The van der Waals surface area contributed by atoms with Crippen molar-refractivity contribution < 1.29 is 9.59 Å². The van der Waals surface area contributed by atoms with E-state index in [1.165, 1.54) is 0 Å². The highest BCUT2D eigenvalue weighted by atomic mass is 16.2. The number of nitrogens with zero attached hydrogens (tertiary/aromatic N) is 3. The predicted octanol–water partition coefficient (Wildman–Crippen LogP) is 0.967. The molecule has 6 nitrogen and oxygen atoms in total. The molecule has 0 aromatic carbocycles. The Kier molecular flexibility index (Phi) is 7.50. The van der Waals surface area contributed by atoms with Gasteiger partial charge in [0.1, 0.15) is 0 Å². The van der Waals surface area contributed by atoms with Crippen LogP contribution in [0.3, 0.4) is 0 Å². The Morgan fingerprint density at radius 3 is 2.10 bits per heavy atom. The molecule has 1 heterocycles. The topological polar surface area (TPSA) is 69.9 Å². The molecule has 0 spiro atoms. The van der Waals surface area contributed by atoms with Crippen molar-refractivity contribution in [3.63, 3.8) is 0 Å². The van der Waals surface area contributed by atoms with Crippen LogP contribution < -0.4 is 5.73 Å². The van der Waals surface area contributed by atoms with Gasteiger partial charge < -0.3 is 20.4 Å². The molecule has 0 aliphatic carbocycles. The van der Waals surface area contributed by atoms with Gasteiger partial charge in [-0.15, -0.1) is 0 Å². The van der Waals surface area contributed by atoms with Crippen molar-refractivity contribution in [1.29, 1.82) is 0 Å². The largest absolute Gasteiger partial charge is 0.339 e. The Balaban J connectivity index is 2.37. The van der Waals surface area contributed by atoms with E-state index in [9.17, 15) is 9.59 Å². The third-order valence-corrected chi connectivity index (χ3v) is 4.19. The fourth-order valence-electron chi connectivity index (χ4n) is 2.49. The van der Waals surface area contributed by atoms with Gasteiger partial charge in [0.15, 0.2) is 0 Å². The summed E-state index contributed by atoms with van der Waals surface area (Å²) in [4.78, 5) is 29.9. The summed E-state index contributed by atoms with van der Waals surface area (Å²) in [5, 5.41) is 0. The number of amides is 3. The van der Waals surface area contributed by atoms with Crippen molar-refractivity contribution in [2.24, 2.45) is 11.7 Å². The summed E-state index contributed by atoms with van der Waals surface area (Å²) in [7, 11) is 0. The highest BCUT2D eigenvalue weighted by molar-refractivity contribution is 5.77. The number of piperazine rings is 1. The van der Waals surface area contributed by atoms with E-state index in [0.29, 0.717) is 45.1 Å². The van der Waals surface area contributed by atoms with Gasteiger partial charge in [-0.3, -0.25) is 4.79 Å². The minimum atomic E-state index is 0.0869. The number of hydrogen-bond donors (Lipinski definition) is 1. The quantitative estimate of drug-likeness (QED) is 0.794. The molecule has 1 rings (SSSR count). The number of rotatable bonds is 6. The van der Waals surface area contributed by atoms with Crippen LogP contribution in [0, 0.1) is 5.92 Å². The number of nitrogens with two attached hydrogens (primary N) is 1. The Morgan fingerprint density at radius 1 is 1.10 bits per heavy atom. The molecular weight excluding hydrogens is 268 g/mol. The highest BCUT2D eigenvalue weighted by Gasteiger charge is 2.26. The van der Waals surface area contributed by atoms with Gasteiger partial charge in [0.25, 0.3) is 0 Å². The Bertz CT molecular complexity index is 337. The first kappa shape index (κ1) is 17.8. The second-order valence-corrected chi connectivity index (χ2v) is 5.70. The van der Waals surface area contributed by atoms with E-state index in [1.807, 2.05) is 28.5 Å². The van der Waals surface area contributed by atoms with E-state index in [0.717, 1.165) is 19.5 Å². The minimum absolute atomic E-state index is 0.0869. The lowest BCUT2D eigenvalue weighted by atomic mass is 10.1. The average molecular weight is 298 g/mol. The van der Waals surface area contributed by atoms with Gasteiger partial charge in [0.2, 0.25) is 5.91 Å². The fraction of sp³-hybridized carbons (Fsp3) is 0.867. The second-order valence-electron chi connectivity index (χ2n) is 5.70. The molecule has 0 saturated carbocycles. The Morgan fingerprint density at radius 2 is 1.62 bits per heavy atom. The first-order valence-corrected chi connectivity index (χ1v) is 8.05. The van der Waals surface area contributed by atoms with E-state index in [1.54, 1.807) is 0 Å². The molecule has 6 heteroatoms. The minimum Gasteiger partial charge on any atom is -0.339 e. The third-order valence-electron chi connectivity index (χ3n) is 4.19. The predicted molar refractivity (Wildman–Crippen MR) is 83.9 cm³/mol. The van der Waals surface area contributed by atoms with Crippen LogP contribution in [0.2, 0.25) is 0 Å². The van der Waals surface area contributed by atoms with Crippen LogP contribution in [0.15, 0.2) is 0 Å². The summed E-state index contributed by atoms with van der Waals surface area (Å²) < 4.78 is 0. The summed E-state index contributed by atoms with van der Waals surface area (Å²) >= 11 is 0. The van der Waals surface area contributed by atoms with E-state index >= 15 is 0 Å². The van der Waals surface area contributed by atoms with Gasteiger partial charge in [-0.1, -0.05) is 6.92 Å². The molecule has 0 bridgehead atoms. The second kappa shape index (κ2) is 8.87. The highest BCUT2D eigenvalue weighted by Crippen LogP contribution is 2.10. The molecule has 0 radical (unpaired) electrons. The van der Waals surface area contributed by atoms with Gasteiger partial charge in [0, 0.05) is 45.7 Å². The van der Waals surface area contributed by atoms with Crippen LogP contribution in [0.1, 0.15) is 33.6 Å². The van der Waals surface area contributed by atoms with Crippen LogP contribution in [0.4, 0.5) is 4.79 Å². The molecule has 122 valence electrons. The number of urea groups is 1. The molecule has 1 atom stereocenters. The van der Waals surface area contributed by atoms with Gasteiger partial charge in [0.05, 0.1) is 0 Å². The van der Waals surface area contributed by atoms with Crippen LogP contribution in [-0.2, 0) is 4.79 Å². The van der Waals surface area contributed by atoms with E-state index in [4.69, 9.17) is 5.73 Å². The molecule has 2 N–H and O–H groups in total. The number of carbonyl (C=O) groups is 2. The molecule has 3 amide bonds. The van der Waals surface area contributed by atoms with Gasteiger partial charge >= 0.3 is 6.03 Å². The first-order chi connectivity index (χ1) is 10.0. The molecular formula is C15H30N4O2. The fourth-order valence-corrected chi connectivity index (χ4v) is 2.49. The summed E-state index contributed by atoms with van der Waals surface area (Å²) in [6, 6.07) is 0.0869. The maximum Gasteiger partial charge on any atom is 0.320 e. The van der Waals surface area contributed by atoms with Gasteiger partial charge in [-0.25, -0.2) is 4.79 Å². The van der Waals surface area contributed by atoms with Crippen molar-refractivity contribution in [1.82, 2.24) is 14.7 Å². The van der Waals surface area contributed by atoms with Gasteiger partial charge in [-0.2, -0.15) is 0 Å². The average Bonchev–Trinajstić information content (AvgIpc) is 2.53. The summed E-state index contributed by atoms with van der Waals surface area (Å²) in [6.45, 7) is 10.7. The van der Waals surface area contributed by atoms with Crippen molar-refractivity contribution in [3.8, 4) is 0 Å². The monoisotopic (exact) mass is 298 g/mol. The molecule has 1 aliphatic heterocycles. The summed E-state index contributed by atoms with van der Waals surface area (Å²) in [6.07, 6.45) is 1.40. The molecule has 21 heavy (non-hydrogen) atoms. The molecule has 1 aliphatic rings. The van der Waals surface area contributed by atoms with Crippen LogP contribution in [0.25, 0.3) is 0 Å². The zero-order valence-corrected chi connectivity index (χ0v) is 13.7. The lowest BCUT2D eigenvalue weighted by Crippen LogP contribution is -2.54. The van der Waals surface area contributed by atoms with Crippen molar-refractivity contribution in [3.05, 3.63) is 0 Å². The van der Waals surface area contributed by atoms with Gasteiger partial charge in [-0.05, 0) is 32.7 Å². The maximum atomic E-state index is 12.2. The molecule has 0 aromatic heterocycles. The number of carbonyl (C=O) groups excluding carboxylic acids is 2. The smallest absolute Gasteiger partial charge is 0.320 e. The van der Waals surface area contributed by atoms with Crippen molar-refractivity contribution >= 4 is 11.9 Å². The normalized spacial score (nSPS) is 16.8. The number of hydrogen-bond acceptors (Lipinski definition) is 3. The van der Waals surface area contributed by atoms with E-state index < -0.39 is 0 Å². The van der Waals surface area contributed by atoms with Crippen molar-refractivity contribution in [2.45, 2.75) is 33.6 Å². The van der Waals surface area contributed by atoms with Crippen LogP contribution >= 0.6 is 0 Å². The molecule has 1 unspecified atom stereocenters. The zero-order valence-electron chi connectivity index (χ0n) is 13.7. The molecule has 1 fully saturated rings. The standard InChI is InChI=1S/C15H30N4O2/c1-4-17(5-2)15(21)19-10-8-18(9-11-19)14(20)7-6-13(3)12-16/h13H,4-12,16H2,1-3H3. The summed E-state index contributed by atoms with van der Waals surface area (Å²) in [5.74, 6) is 0.574.